The highest BCUT2D eigenvalue weighted by molar-refractivity contribution is 7.99. The molecule has 0 aliphatic carbocycles. The van der Waals surface area contributed by atoms with Crippen LogP contribution in [0.4, 0.5) is 10.5 Å². The van der Waals surface area contributed by atoms with Crippen molar-refractivity contribution in [2.75, 3.05) is 49.1 Å². The van der Waals surface area contributed by atoms with Gasteiger partial charge in [-0.1, -0.05) is 18.2 Å². The maximum atomic E-state index is 12.1. The molecule has 1 atom stereocenters. The Balaban J connectivity index is 1.43. The lowest BCUT2D eigenvalue weighted by molar-refractivity contribution is 0.201. The molecule has 2 amide bonds. The number of anilines is 1. The number of nitrogens with one attached hydrogen (secondary N) is 1. The molecule has 4 nitrogen and oxygen atoms in total. The zero-order valence-corrected chi connectivity index (χ0v) is 13.1. The SMILES string of the molecule is O=C(NCC1CCN(c2ccccc2)C1)N1CCSCC1. The highest BCUT2D eigenvalue weighted by Crippen LogP contribution is 2.23. The number of benzene rings is 1. The Morgan fingerprint density at radius 1 is 1.19 bits per heavy atom. The molecule has 3 rings (SSSR count). The van der Waals surface area contributed by atoms with Crippen molar-refractivity contribution in [2.24, 2.45) is 5.92 Å². The minimum Gasteiger partial charge on any atom is -0.371 e. The Morgan fingerprint density at radius 3 is 2.71 bits per heavy atom. The van der Waals surface area contributed by atoms with Gasteiger partial charge in [-0.05, 0) is 24.5 Å². The molecule has 0 bridgehead atoms. The Kier molecular flexibility index (Phi) is 4.91. The van der Waals surface area contributed by atoms with Crippen molar-refractivity contribution in [1.29, 1.82) is 0 Å². The Hall–Kier alpha value is -1.36. The lowest BCUT2D eigenvalue weighted by Crippen LogP contribution is -2.45. The smallest absolute Gasteiger partial charge is 0.317 e. The number of amides is 2. The van der Waals surface area contributed by atoms with Crippen molar-refractivity contribution in [3.8, 4) is 0 Å². The van der Waals surface area contributed by atoms with Crippen molar-refractivity contribution >= 4 is 23.5 Å². The molecule has 1 N–H and O–H groups in total. The van der Waals surface area contributed by atoms with E-state index in [9.17, 15) is 4.79 Å². The number of carbonyl (C=O) groups excluding carboxylic acids is 1. The molecule has 2 aliphatic rings. The first-order valence-electron chi connectivity index (χ1n) is 7.73. The highest BCUT2D eigenvalue weighted by Gasteiger charge is 2.24. The second-order valence-electron chi connectivity index (χ2n) is 5.72. The van der Waals surface area contributed by atoms with E-state index < -0.39 is 0 Å². The molecule has 0 aromatic heterocycles. The summed E-state index contributed by atoms with van der Waals surface area (Å²) in [5.74, 6) is 2.70. The van der Waals surface area contributed by atoms with Crippen LogP contribution in [0.3, 0.4) is 0 Å². The number of nitrogens with zero attached hydrogens (tertiary/aromatic N) is 2. The first-order valence-corrected chi connectivity index (χ1v) is 8.89. The minimum absolute atomic E-state index is 0.119. The van der Waals surface area contributed by atoms with Gasteiger partial charge in [-0.25, -0.2) is 4.79 Å². The minimum atomic E-state index is 0.119. The quantitative estimate of drug-likeness (QED) is 0.930. The van der Waals surface area contributed by atoms with Crippen LogP contribution in [0.2, 0.25) is 0 Å². The third-order valence-electron chi connectivity index (χ3n) is 4.25. The van der Waals surface area contributed by atoms with Crippen LogP contribution in [-0.2, 0) is 0 Å². The normalized spacial score (nSPS) is 22.4. The number of thioether (sulfide) groups is 1. The van der Waals surface area contributed by atoms with Crippen LogP contribution in [0.15, 0.2) is 30.3 Å². The lowest BCUT2D eigenvalue weighted by Gasteiger charge is -2.27. The predicted molar refractivity (Wildman–Crippen MR) is 89.1 cm³/mol. The standard InChI is InChI=1S/C16H23N3OS/c20-16(18-8-10-21-11-9-18)17-12-14-6-7-19(13-14)15-4-2-1-3-5-15/h1-5,14H,6-13H2,(H,17,20). The molecule has 1 aromatic carbocycles. The Bertz CT molecular complexity index is 462. The van der Waals surface area contributed by atoms with Gasteiger partial charge >= 0.3 is 6.03 Å². The topological polar surface area (TPSA) is 35.6 Å². The number of urea groups is 1. The average molecular weight is 305 g/mol. The zero-order valence-electron chi connectivity index (χ0n) is 12.3. The average Bonchev–Trinajstić information content (AvgIpc) is 3.03. The summed E-state index contributed by atoms with van der Waals surface area (Å²) in [5, 5.41) is 3.12. The third-order valence-corrected chi connectivity index (χ3v) is 5.19. The lowest BCUT2D eigenvalue weighted by atomic mass is 10.1. The van der Waals surface area contributed by atoms with Gasteiger partial charge in [0.25, 0.3) is 0 Å². The van der Waals surface area contributed by atoms with E-state index in [1.165, 1.54) is 5.69 Å². The first-order chi connectivity index (χ1) is 10.3. The van der Waals surface area contributed by atoms with Crippen molar-refractivity contribution in [2.45, 2.75) is 6.42 Å². The Morgan fingerprint density at radius 2 is 1.95 bits per heavy atom. The van der Waals surface area contributed by atoms with Crippen molar-refractivity contribution in [3.63, 3.8) is 0 Å². The summed E-state index contributed by atoms with van der Waals surface area (Å²) in [7, 11) is 0. The van der Waals surface area contributed by atoms with Crippen LogP contribution in [0.25, 0.3) is 0 Å². The molecule has 2 heterocycles. The number of rotatable bonds is 3. The number of hydrogen-bond donors (Lipinski definition) is 1. The van der Waals surface area contributed by atoms with Gasteiger partial charge in [-0.2, -0.15) is 11.8 Å². The van der Waals surface area contributed by atoms with E-state index in [0.29, 0.717) is 5.92 Å². The van der Waals surface area contributed by atoms with Crippen molar-refractivity contribution in [1.82, 2.24) is 10.2 Å². The van der Waals surface area contributed by atoms with Crippen molar-refractivity contribution < 1.29 is 4.79 Å². The molecule has 21 heavy (non-hydrogen) atoms. The molecule has 2 aliphatic heterocycles. The fraction of sp³-hybridized carbons (Fsp3) is 0.562. The summed E-state index contributed by atoms with van der Waals surface area (Å²) < 4.78 is 0. The van der Waals surface area contributed by atoms with E-state index in [4.69, 9.17) is 0 Å². The van der Waals surface area contributed by atoms with Crippen LogP contribution >= 0.6 is 11.8 Å². The van der Waals surface area contributed by atoms with Gasteiger partial charge in [0.1, 0.15) is 0 Å². The van der Waals surface area contributed by atoms with E-state index in [1.807, 2.05) is 22.7 Å². The van der Waals surface area contributed by atoms with Gasteiger partial charge in [0.15, 0.2) is 0 Å². The molecule has 5 heteroatoms. The molecule has 2 saturated heterocycles. The van der Waals surface area contributed by atoms with Crippen LogP contribution in [-0.4, -0.2) is 55.2 Å². The molecule has 1 aromatic rings. The summed E-state index contributed by atoms with van der Waals surface area (Å²) >= 11 is 1.93. The van der Waals surface area contributed by atoms with E-state index >= 15 is 0 Å². The summed E-state index contributed by atoms with van der Waals surface area (Å²) in [6, 6.07) is 10.7. The molecule has 0 spiro atoms. The fourth-order valence-electron chi connectivity index (χ4n) is 2.98. The second-order valence-corrected chi connectivity index (χ2v) is 6.95. The Labute approximate surface area is 130 Å². The monoisotopic (exact) mass is 305 g/mol. The van der Waals surface area contributed by atoms with E-state index in [-0.39, 0.29) is 6.03 Å². The summed E-state index contributed by atoms with van der Waals surface area (Å²) in [5.41, 5.74) is 1.29. The molecular weight excluding hydrogens is 282 g/mol. The maximum Gasteiger partial charge on any atom is 0.317 e. The molecule has 0 radical (unpaired) electrons. The summed E-state index contributed by atoms with van der Waals surface area (Å²) in [6.07, 6.45) is 1.16. The molecule has 1 unspecified atom stereocenters. The predicted octanol–water partition coefficient (Wildman–Crippen LogP) is 2.27. The van der Waals surface area contributed by atoms with E-state index in [0.717, 1.165) is 50.7 Å². The van der Waals surface area contributed by atoms with Gasteiger partial charge in [-0.15, -0.1) is 0 Å². The highest BCUT2D eigenvalue weighted by atomic mass is 32.2. The van der Waals surface area contributed by atoms with Gasteiger partial charge in [0.05, 0.1) is 0 Å². The van der Waals surface area contributed by atoms with E-state index in [1.54, 1.807) is 0 Å². The molecule has 114 valence electrons. The fourth-order valence-corrected chi connectivity index (χ4v) is 3.89. The third kappa shape index (κ3) is 3.84. The van der Waals surface area contributed by atoms with Gasteiger partial charge in [-0.3, -0.25) is 0 Å². The molecule has 0 saturated carbocycles. The van der Waals surface area contributed by atoms with Crippen LogP contribution in [0.5, 0.6) is 0 Å². The van der Waals surface area contributed by atoms with E-state index in [2.05, 4.69) is 34.5 Å². The number of para-hydroxylation sites is 1. The number of carbonyl (C=O) groups is 1. The van der Waals surface area contributed by atoms with Crippen LogP contribution < -0.4 is 10.2 Å². The van der Waals surface area contributed by atoms with Crippen LogP contribution in [0.1, 0.15) is 6.42 Å². The number of hydrogen-bond acceptors (Lipinski definition) is 3. The van der Waals surface area contributed by atoms with Crippen molar-refractivity contribution in [3.05, 3.63) is 30.3 Å². The maximum absolute atomic E-state index is 12.1. The zero-order chi connectivity index (χ0) is 14.5. The summed E-state index contributed by atoms with van der Waals surface area (Å²) in [4.78, 5) is 16.5. The van der Waals surface area contributed by atoms with Gasteiger partial charge in [0, 0.05) is 49.9 Å². The van der Waals surface area contributed by atoms with Gasteiger partial charge in [0.2, 0.25) is 0 Å². The largest absolute Gasteiger partial charge is 0.371 e. The molecule has 2 fully saturated rings. The molecular formula is C16H23N3OS. The van der Waals surface area contributed by atoms with Gasteiger partial charge < -0.3 is 15.1 Å². The second kappa shape index (κ2) is 7.07. The summed E-state index contributed by atoms with van der Waals surface area (Å²) in [6.45, 7) is 4.70. The first kappa shape index (κ1) is 14.6. The van der Waals surface area contributed by atoms with Crippen LogP contribution in [0, 0.1) is 5.92 Å².